The highest BCUT2D eigenvalue weighted by atomic mass is 19.1. The first-order valence-corrected chi connectivity index (χ1v) is 6.06. The molecule has 3 nitrogen and oxygen atoms in total. The maximum Gasteiger partial charge on any atom is 0.261 e. The van der Waals surface area contributed by atoms with Crippen molar-refractivity contribution in [1.82, 2.24) is 5.32 Å². The van der Waals surface area contributed by atoms with Crippen LogP contribution in [0.5, 0.6) is 5.75 Å². The molecule has 1 N–H and O–H groups in total. The fourth-order valence-corrected chi connectivity index (χ4v) is 1.45. The van der Waals surface area contributed by atoms with Gasteiger partial charge < -0.3 is 10.1 Å². The molecule has 1 atom stereocenters. The fourth-order valence-electron chi connectivity index (χ4n) is 1.45. The number of rotatable bonds is 4. The number of carbonyl (C=O) groups is 1. The molecule has 1 rings (SSSR count). The lowest BCUT2D eigenvalue weighted by molar-refractivity contribution is -0.129. The number of hydrogen-bond acceptors (Lipinski definition) is 2. The second kappa shape index (κ2) is 5.85. The maximum absolute atomic E-state index is 12.8. The van der Waals surface area contributed by atoms with Crippen LogP contribution in [0, 0.1) is 5.82 Å². The van der Waals surface area contributed by atoms with Crippen LogP contribution in [0.4, 0.5) is 4.39 Å². The zero-order valence-corrected chi connectivity index (χ0v) is 11.3. The Morgan fingerprint density at radius 3 is 2.33 bits per heavy atom. The Kier molecular flexibility index (Phi) is 4.70. The maximum atomic E-state index is 12.8. The van der Waals surface area contributed by atoms with Crippen molar-refractivity contribution in [2.75, 3.05) is 0 Å². The summed E-state index contributed by atoms with van der Waals surface area (Å²) in [6, 6.07) is 5.65. The van der Waals surface area contributed by atoms with Gasteiger partial charge in [0.15, 0.2) is 6.10 Å². The quantitative estimate of drug-likeness (QED) is 0.896. The summed E-state index contributed by atoms with van der Waals surface area (Å²) in [5, 5.41) is 2.86. The van der Waals surface area contributed by atoms with E-state index in [9.17, 15) is 9.18 Å². The van der Waals surface area contributed by atoms with E-state index in [4.69, 9.17) is 4.74 Å². The van der Waals surface area contributed by atoms with E-state index < -0.39 is 6.10 Å². The molecular formula is C14H20FNO2. The summed E-state index contributed by atoms with van der Waals surface area (Å²) in [6.07, 6.45) is -0.00562. The highest BCUT2D eigenvalue weighted by Crippen LogP contribution is 2.15. The van der Waals surface area contributed by atoms with Gasteiger partial charge in [0.25, 0.3) is 5.91 Å². The van der Waals surface area contributed by atoms with Crippen LogP contribution in [0.3, 0.4) is 0 Å². The van der Waals surface area contributed by atoms with Crippen LogP contribution in [0.1, 0.15) is 34.1 Å². The van der Waals surface area contributed by atoms with Crippen LogP contribution < -0.4 is 10.1 Å². The number of nitrogens with one attached hydrogen (secondary N) is 1. The first kappa shape index (κ1) is 14.5. The van der Waals surface area contributed by atoms with Gasteiger partial charge in [0.05, 0.1) is 0 Å². The smallest absolute Gasteiger partial charge is 0.261 e. The molecule has 1 aromatic carbocycles. The van der Waals surface area contributed by atoms with Gasteiger partial charge in [0.2, 0.25) is 0 Å². The molecule has 0 heterocycles. The van der Waals surface area contributed by atoms with Gasteiger partial charge in [-0.2, -0.15) is 0 Å². The number of ether oxygens (including phenoxy) is 1. The van der Waals surface area contributed by atoms with E-state index in [0.717, 1.165) is 0 Å². The van der Waals surface area contributed by atoms with Crippen LogP contribution in [0.15, 0.2) is 24.3 Å². The van der Waals surface area contributed by atoms with Gasteiger partial charge in [0, 0.05) is 5.54 Å². The van der Waals surface area contributed by atoms with E-state index in [0.29, 0.717) is 12.2 Å². The molecule has 0 fully saturated rings. The lowest BCUT2D eigenvalue weighted by atomic mass is 10.1. The van der Waals surface area contributed by atoms with Crippen molar-refractivity contribution in [3.63, 3.8) is 0 Å². The highest BCUT2D eigenvalue weighted by molar-refractivity contribution is 5.81. The van der Waals surface area contributed by atoms with Gasteiger partial charge in [-0.3, -0.25) is 4.79 Å². The number of benzene rings is 1. The van der Waals surface area contributed by atoms with Crippen LogP contribution in [-0.4, -0.2) is 17.6 Å². The van der Waals surface area contributed by atoms with E-state index in [2.05, 4.69) is 5.32 Å². The zero-order valence-electron chi connectivity index (χ0n) is 11.3. The third kappa shape index (κ3) is 4.73. The summed E-state index contributed by atoms with van der Waals surface area (Å²) in [5.74, 6) is 0.0103. The minimum atomic E-state index is -0.560. The van der Waals surface area contributed by atoms with Gasteiger partial charge in [-0.1, -0.05) is 6.92 Å². The number of carbonyl (C=O) groups excluding carboxylic acids is 1. The molecule has 0 aliphatic heterocycles. The molecule has 0 saturated carbocycles. The average molecular weight is 253 g/mol. The molecule has 0 radical (unpaired) electrons. The Hall–Kier alpha value is -1.58. The lowest BCUT2D eigenvalue weighted by Gasteiger charge is -2.24. The second-order valence-electron chi connectivity index (χ2n) is 5.21. The van der Waals surface area contributed by atoms with Crippen molar-refractivity contribution in [3.8, 4) is 5.75 Å². The summed E-state index contributed by atoms with van der Waals surface area (Å²) in [5.41, 5.74) is -0.295. The first-order chi connectivity index (χ1) is 8.31. The normalized spacial score (nSPS) is 12.9. The standard InChI is InChI=1S/C14H20FNO2/c1-5-12(13(17)16-14(2,3)4)18-11-8-6-10(15)7-9-11/h6-9,12H,5H2,1-4H3,(H,16,17)/t12-/m1/s1. The van der Waals surface area contributed by atoms with E-state index in [1.807, 2.05) is 27.7 Å². The van der Waals surface area contributed by atoms with Crippen LogP contribution in [0.2, 0.25) is 0 Å². The third-order valence-corrected chi connectivity index (χ3v) is 2.25. The summed E-state index contributed by atoms with van der Waals surface area (Å²) in [7, 11) is 0. The Bertz CT molecular complexity index is 395. The van der Waals surface area contributed by atoms with E-state index >= 15 is 0 Å². The summed E-state index contributed by atoms with van der Waals surface area (Å²) in [6.45, 7) is 7.61. The van der Waals surface area contributed by atoms with Crippen LogP contribution in [0.25, 0.3) is 0 Å². The van der Waals surface area contributed by atoms with Crippen molar-refractivity contribution < 1.29 is 13.9 Å². The topological polar surface area (TPSA) is 38.3 Å². The fraction of sp³-hybridized carbons (Fsp3) is 0.500. The monoisotopic (exact) mass is 253 g/mol. The number of halogens is 1. The summed E-state index contributed by atoms with van der Waals surface area (Å²) < 4.78 is 18.3. The minimum absolute atomic E-state index is 0.158. The molecule has 0 aliphatic rings. The molecule has 0 spiro atoms. The number of amides is 1. The van der Waals surface area contributed by atoms with Crippen molar-refractivity contribution in [2.24, 2.45) is 0 Å². The van der Waals surface area contributed by atoms with Gasteiger partial charge in [-0.05, 0) is 51.5 Å². The Morgan fingerprint density at radius 2 is 1.89 bits per heavy atom. The molecule has 1 amide bonds. The lowest BCUT2D eigenvalue weighted by Crippen LogP contribution is -2.47. The Morgan fingerprint density at radius 1 is 1.33 bits per heavy atom. The van der Waals surface area contributed by atoms with Crippen molar-refractivity contribution in [3.05, 3.63) is 30.1 Å². The highest BCUT2D eigenvalue weighted by Gasteiger charge is 2.22. The molecule has 1 aromatic rings. The molecule has 18 heavy (non-hydrogen) atoms. The number of hydrogen-bond donors (Lipinski definition) is 1. The van der Waals surface area contributed by atoms with Gasteiger partial charge in [-0.25, -0.2) is 4.39 Å². The molecule has 4 heteroatoms. The Labute approximate surface area is 107 Å². The predicted molar refractivity (Wildman–Crippen MR) is 69.0 cm³/mol. The van der Waals surface area contributed by atoms with E-state index in [-0.39, 0.29) is 17.3 Å². The van der Waals surface area contributed by atoms with Crippen LogP contribution >= 0.6 is 0 Å². The molecule has 100 valence electrons. The van der Waals surface area contributed by atoms with E-state index in [1.54, 1.807) is 0 Å². The average Bonchev–Trinajstić information content (AvgIpc) is 2.25. The minimum Gasteiger partial charge on any atom is -0.481 e. The van der Waals surface area contributed by atoms with Crippen molar-refractivity contribution in [1.29, 1.82) is 0 Å². The second-order valence-corrected chi connectivity index (χ2v) is 5.21. The van der Waals surface area contributed by atoms with E-state index in [1.165, 1.54) is 24.3 Å². The van der Waals surface area contributed by atoms with Gasteiger partial charge >= 0.3 is 0 Å². The predicted octanol–water partition coefficient (Wildman–Crippen LogP) is 2.90. The molecular weight excluding hydrogens is 233 g/mol. The molecule has 0 aliphatic carbocycles. The Balaban J connectivity index is 2.67. The van der Waals surface area contributed by atoms with Crippen molar-refractivity contribution >= 4 is 5.91 Å². The van der Waals surface area contributed by atoms with Gasteiger partial charge in [0.1, 0.15) is 11.6 Å². The largest absolute Gasteiger partial charge is 0.481 e. The molecule has 0 bridgehead atoms. The first-order valence-electron chi connectivity index (χ1n) is 6.06. The molecule has 0 saturated heterocycles. The SMILES string of the molecule is CC[C@@H](Oc1ccc(F)cc1)C(=O)NC(C)(C)C. The summed E-state index contributed by atoms with van der Waals surface area (Å²) >= 11 is 0. The zero-order chi connectivity index (χ0) is 13.8. The molecule has 0 unspecified atom stereocenters. The van der Waals surface area contributed by atoms with Crippen LogP contribution in [-0.2, 0) is 4.79 Å². The third-order valence-electron chi connectivity index (χ3n) is 2.25. The summed E-state index contributed by atoms with van der Waals surface area (Å²) in [4.78, 5) is 12.0. The van der Waals surface area contributed by atoms with Crippen molar-refractivity contribution in [2.45, 2.75) is 45.8 Å². The van der Waals surface area contributed by atoms with Gasteiger partial charge in [-0.15, -0.1) is 0 Å². The molecule has 0 aromatic heterocycles.